The Bertz CT molecular complexity index is 639. The predicted octanol–water partition coefficient (Wildman–Crippen LogP) is 3.39. The third kappa shape index (κ3) is 3.44. The van der Waals surface area contributed by atoms with Gasteiger partial charge in [0.25, 0.3) is 0 Å². The van der Waals surface area contributed by atoms with E-state index in [4.69, 9.17) is 0 Å². The molecule has 0 bridgehead atoms. The standard InChI is InChI=1S/C15H21FN4S/c1-6-17-10(3)12-8-13(16)9(2)7-14(12)21-15-19-18-11(4)20(15)5/h7-8,10,17H,6H2,1-5H3. The summed E-state index contributed by atoms with van der Waals surface area (Å²) < 4.78 is 15.8. The van der Waals surface area contributed by atoms with Crippen molar-refractivity contribution in [3.05, 3.63) is 34.9 Å². The van der Waals surface area contributed by atoms with Crippen molar-refractivity contribution in [2.45, 2.75) is 43.8 Å². The lowest BCUT2D eigenvalue weighted by Crippen LogP contribution is -2.18. The number of rotatable bonds is 5. The Balaban J connectivity index is 2.41. The smallest absolute Gasteiger partial charge is 0.195 e. The van der Waals surface area contributed by atoms with E-state index < -0.39 is 0 Å². The topological polar surface area (TPSA) is 42.7 Å². The normalized spacial score (nSPS) is 12.7. The van der Waals surface area contributed by atoms with Crippen LogP contribution < -0.4 is 5.32 Å². The number of nitrogens with zero attached hydrogens (tertiary/aromatic N) is 3. The molecule has 1 atom stereocenters. The zero-order valence-corrected chi connectivity index (χ0v) is 13.9. The second kappa shape index (κ2) is 6.58. The highest BCUT2D eigenvalue weighted by molar-refractivity contribution is 7.99. The largest absolute Gasteiger partial charge is 0.310 e. The number of benzene rings is 1. The highest BCUT2D eigenvalue weighted by Crippen LogP contribution is 2.34. The Kier molecular flexibility index (Phi) is 5.00. The number of hydrogen-bond donors (Lipinski definition) is 1. The van der Waals surface area contributed by atoms with Gasteiger partial charge in [0.2, 0.25) is 0 Å². The molecule has 0 spiro atoms. The van der Waals surface area contributed by atoms with Gasteiger partial charge in [0.1, 0.15) is 11.6 Å². The van der Waals surface area contributed by atoms with Crippen LogP contribution in [0.4, 0.5) is 4.39 Å². The first-order chi connectivity index (χ1) is 9.93. The van der Waals surface area contributed by atoms with E-state index in [1.54, 1.807) is 13.0 Å². The summed E-state index contributed by atoms with van der Waals surface area (Å²) in [6, 6.07) is 3.59. The molecular weight excluding hydrogens is 287 g/mol. The minimum atomic E-state index is -0.173. The van der Waals surface area contributed by atoms with E-state index >= 15 is 0 Å². The van der Waals surface area contributed by atoms with Crippen molar-refractivity contribution >= 4 is 11.8 Å². The molecule has 1 N–H and O–H groups in total. The number of aromatic nitrogens is 3. The Labute approximate surface area is 129 Å². The van der Waals surface area contributed by atoms with Gasteiger partial charge in [-0.1, -0.05) is 6.92 Å². The molecule has 1 aromatic heterocycles. The van der Waals surface area contributed by atoms with Gasteiger partial charge < -0.3 is 9.88 Å². The Morgan fingerprint density at radius 3 is 2.62 bits per heavy atom. The van der Waals surface area contributed by atoms with E-state index in [2.05, 4.69) is 15.5 Å². The fourth-order valence-corrected chi connectivity index (χ4v) is 3.22. The lowest BCUT2D eigenvalue weighted by molar-refractivity contribution is 0.571. The molecule has 2 rings (SSSR count). The summed E-state index contributed by atoms with van der Waals surface area (Å²) in [5.74, 6) is 0.686. The van der Waals surface area contributed by atoms with Gasteiger partial charge in [-0.05, 0) is 62.3 Å². The van der Waals surface area contributed by atoms with Crippen LogP contribution in [0.3, 0.4) is 0 Å². The van der Waals surface area contributed by atoms with Gasteiger partial charge in [-0.3, -0.25) is 0 Å². The zero-order chi connectivity index (χ0) is 15.6. The summed E-state index contributed by atoms with van der Waals surface area (Å²) in [7, 11) is 1.93. The second-order valence-electron chi connectivity index (χ2n) is 5.11. The number of hydrogen-bond acceptors (Lipinski definition) is 4. The summed E-state index contributed by atoms with van der Waals surface area (Å²) in [5, 5.41) is 12.4. The van der Waals surface area contributed by atoms with Gasteiger partial charge in [0.05, 0.1) is 0 Å². The number of nitrogens with one attached hydrogen (secondary N) is 1. The Hall–Kier alpha value is -1.40. The molecule has 114 valence electrons. The molecule has 1 unspecified atom stereocenters. The molecule has 21 heavy (non-hydrogen) atoms. The molecule has 0 saturated heterocycles. The van der Waals surface area contributed by atoms with Crippen molar-refractivity contribution in [1.29, 1.82) is 0 Å². The quantitative estimate of drug-likeness (QED) is 0.919. The monoisotopic (exact) mass is 308 g/mol. The molecule has 1 aromatic carbocycles. The minimum Gasteiger partial charge on any atom is -0.310 e. The Morgan fingerprint density at radius 2 is 2.05 bits per heavy atom. The highest BCUT2D eigenvalue weighted by Gasteiger charge is 2.16. The van der Waals surface area contributed by atoms with Gasteiger partial charge in [-0.2, -0.15) is 0 Å². The van der Waals surface area contributed by atoms with Crippen LogP contribution in [0.15, 0.2) is 22.2 Å². The van der Waals surface area contributed by atoms with Crippen LogP contribution in [0.5, 0.6) is 0 Å². The van der Waals surface area contributed by atoms with Crippen LogP contribution in [0.1, 0.15) is 36.8 Å². The van der Waals surface area contributed by atoms with E-state index in [1.165, 1.54) is 11.8 Å². The fraction of sp³-hybridized carbons (Fsp3) is 0.467. The maximum Gasteiger partial charge on any atom is 0.195 e. The predicted molar refractivity (Wildman–Crippen MR) is 83.1 cm³/mol. The molecule has 4 nitrogen and oxygen atoms in total. The van der Waals surface area contributed by atoms with E-state index in [-0.39, 0.29) is 11.9 Å². The average molecular weight is 308 g/mol. The Morgan fingerprint density at radius 1 is 1.33 bits per heavy atom. The molecule has 6 heteroatoms. The third-order valence-electron chi connectivity index (χ3n) is 3.52. The average Bonchev–Trinajstić information content (AvgIpc) is 2.75. The lowest BCUT2D eigenvalue weighted by Gasteiger charge is -2.17. The molecule has 0 amide bonds. The second-order valence-corrected chi connectivity index (χ2v) is 6.12. The molecule has 0 aliphatic carbocycles. The molecule has 0 saturated carbocycles. The molecule has 2 aromatic rings. The van der Waals surface area contributed by atoms with Crippen LogP contribution in [0, 0.1) is 19.7 Å². The highest BCUT2D eigenvalue weighted by atomic mass is 32.2. The maximum absolute atomic E-state index is 13.9. The van der Waals surface area contributed by atoms with Gasteiger partial charge in [-0.25, -0.2) is 4.39 Å². The number of aryl methyl sites for hydroxylation is 2. The van der Waals surface area contributed by atoms with Gasteiger partial charge in [-0.15, -0.1) is 10.2 Å². The maximum atomic E-state index is 13.9. The van der Waals surface area contributed by atoms with E-state index in [0.717, 1.165) is 28.0 Å². The van der Waals surface area contributed by atoms with Crippen LogP contribution >= 0.6 is 11.8 Å². The van der Waals surface area contributed by atoms with Crippen molar-refractivity contribution in [3.8, 4) is 0 Å². The SMILES string of the molecule is CCNC(C)c1cc(F)c(C)cc1Sc1nnc(C)n1C. The molecular formula is C15H21FN4S. The van der Waals surface area contributed by atoms with E-state index in [1.807, 2.05) is 38.5 Å². The van der Waals surface area contributed by atoms with Crippen LogP contribution in [-0.2, 0) is 7.05 Å². The fourth-order valence-electron chi connectivity index (χ4n) is 2.09. The van der Waals surface area contributed by atoms with Crippen LogP contribution in [0.25, 0.3) is 0 Å². The van der Waals surface area contributed by atoms with E-state index in [0.29, 0.717) is 5.56 Å². The van der Waals surface area contributed by atoms with Crippen molar-refractivity contribution in [3.63, 3.8) is 0 Å². The molecule has 1 heterocycles. The summed E-state index contributed by atoms with van der Waals surface area (Å²) in [6.07, 6.45) is 0. The molecule has 0 aliphatic heterocycles. The number of halogens is 1. The van der Waals surface area contributed by atoms with Crippen molar-refractivity contribution < 1.29 is 4.39 Å². The van der Waals surface area contributed by atoms with Gasteiger partial charge >= 0.3 is 0 Å². The molecule has 0 radical (unpaired) electrons. The third-order valence-corrected chi connectivity index (χ3v) is 4.63. The van der Waals surface area contributed by atoms with Crippen LogP contribution in [0.2, 0.25) is 0 Å². The van der Waals surface area contributed by atoms with Crippen molar-refractivity contribution in [2.75, 3.05) is 6.54 Å². The minimum absolute atomic E-state index is 0.0851. The summed E-state index contributed by atoms with van der Waals surface area (Å²) in [6.45, 7) is 8.61. The van der Waals surface area contributed by atoms with Crippen molar-refractivity contribution in [1.82, 2.24) is 20.1 Å². The molecule has 0 fully saturated rings. The molecule has 0 aliphatic rings. The van der Waals surface area contributed by atoms with Crippen LogP contribution in [-0.4, -0.2) is 21.3 Å². The summed E-state index contributed by atoms with van der Waals surface area (Å²) in [4.78, 5) is 1.01. The summed E-state index contributed by atoms with van der Waals surface area (Å²) >= 11 is 1.52. The van der Waals surface area contributed by atoms with Gasteiger partial charge in [0.15, 0.2) is 5.16 Å². The zero-order valence-electron chi connectivity index (χ0n) is 13.1. The summed E-state index contributed by atoms with van der Waals surface area (Å²) in [5.41, 5.74) is 1.59. The van der Waals surface area contributed by atoms with Crippen molar-refractivity contribution in [2.24, 2.45) is 7.05 Å². The first-order valence-corrected chi connectivity index (χ1v) is 7.83. The van der Waals surface area contributed by atoms with Gasteiger partial charge in [0, 0.05) is 18.0 Å². The van der Waals surface area contributed by atoms with E-state index in [9.17, 15) is 4.39 Å². The lowest BCUT2D eigenvalue weighted by atomic mass is 10.1. The first kappa shape index (κ1) is 16.0. The first-order valence-electron chi connectivity index (χ1n) is 7.01.